The number of hydrogen-bond donors (Lipinski definition) is 2. The zero-order chi connectivity index (χ0) is 24.4. The molecule has 2 aliphatic rings. The van der Waals surface area contributed by atoms with Crippen molar-refractivity contribution < 1.29 is 29.3 Å². The van der Waals surface area contributed by atoms with Gasteiger partial charge in [-0.05, 0) is 44.8 Å². The molecule has 10 heteroatoms. The van der Waals surface area contributed by atoms with Gasteiger partial charge in [0.1, 0.15) is 12.4 Å². The normalized spacial score (nSPS) is 18.4. The van der Waals surface area contributed by atoms with E-state index in [4.69, 9.17) is 14.5 Å². The predicted octanol–water partition coefficient (Wildman–Crippen LogP) is 2.55. The van der Waals surface area contributed by atoms with Crippen LogP contribution in [0.4, 0.5) is 4.79 Å². The summed E-state index contributed by atoms with van der Waals surface area (Å²) in [5.74, 6) is -0.678. The van der Waals surface area contributed by atoms with Crippen molar-refractivity contribution in [2.75, 3.05) is 14.1 Å². The van der Waals surface area contributed by atoms with Crippen molar-refractivity contribution in [1.29, 1.82) is 0 Å². The van der Waals surface area contributed by atoms with Crippen molar-refractivity contribution in [3.05, 3.63) is 56.9 Å². The molecule has 4 heterocycles. The van der Waals surface area contributed by atoms with Crippen LogP contribution in [0.25, 0.3) is 22.3 Å². The summed E-state index contributed by atoms with van der Waals surface area (Å²) in [5.41, 5.74) is 1.29. The molecule has 0 bridgehead atoms. The molecule has 34 heavy (non-hydrogen) atoms. The molecular weight excluding hydrogens is 442 g/mol. The molecule has 1 unspecified atom stereocenters. The third-order valence-electron chi connectivity index (χ3n) is 6.48. The Hall–Kier alpha value is -3.92. The van der Waals surface area contributed by atoms with Crippen molar-refractivity contribution in [3.63, 3.8) is 0 Å². The average Bonchev–Trinajstić information content (AvgIpc) is 3.14. The maximum absolute atomic E-state index is 13.4. The highest BCUT2D eigenvalue weighted by Gasteiger charge is 2.50. The molecular formula is C24H23N3O7. The number of rotatable bonds is 4. The first-order valence-corrected chi connectivity index (χ1v) is 10.8. The van der Waals surface area contributed by atoms with Crippen molar-refractivity contribution in [2.24, 2.45) is 0 Å². The third-order valence-corrected chi connectivity index (χ3v) is 6.48. The van der Waals surface area contributed by atoms with Crippen molar-refractivity contribution in [1.82, 2.24) is 14.5 Å². The fourth-order valence-electron chi connectivity index (χ4n) is 4.89. The van der Waals surface area contributed by atoms with Crippen molar-refractivity contribution in [3.8, 4) is 17.1 Å². The van der Waals surface area contributed by atoms with Crippen molar-refractivity contribution >= 4 is 23.0 Å². The second kappa shape index (κ2) is 7.56. The van der Waals surface area contributed by atoms with Gasteiger partial charge in [-0.1, -0.05) is 6.92 Å². The SMILES string of the molecule is CCC1(OC(=O)O)C(=O)OCc2c1cc1n(c2=O)Cc2cc3c(CN(C)C)c(O)ccc3nc2-1. The highest BCUT2D eigenvalue weighted by Crippen LogP contribution is 2.41. The number of carbonyl (C=O) groups excluding carboxylic acids is 1. The van der Waals surface area contributed by atoms with Crippen LogP contribution in [0.15, 0.2) is 29.1 Å². The molecule has 2 aliphatic heterocycles. The monoisotopic (exact) mass is 465 g/mol. The molecule has 2 aromatic heterocycles. The van der Waals surface area contributed by atoms with Crippen LogP contribution < -0.4 is 5.56 Å². The summed E-state index contributed by atoms with van der Waals surface area (Å²) < 4.78 is 11.8. The number of cyclic esters (lactones) is 1. The Labute approximate surface area is 194 Å². The maximum atomic E-state index is 13.4. The number of benzene rings is 1. The Morgan fingerprint density at radius 1 is 1.29 bits per heavy atom. The summed E-state index contributed by atoms with van der Waals surface area (Å²) >= 11 is 0. The lowest BCUT2D eigenvalue weighted by Crippen LogP contribution is -2.47. The van der Waals surface area contributed by atoms with E-state index in [1.165, 1.54) is 0 Å². The van der Waals surface area contributed by atoms with Gasteiger partial charge in [0.05, 0.1) is 29.0 Å². The number of fused-ring (bicyclic) bond motifs is 5. The largest absolute Gasteiger partial charge is 0.508 e. The lowest BCUT2D eigenvalue weighted by molar-refractivity contribution is -0.174. The molecule has 0 radical (unpaired) electrons. The zero-order valence-electron chi connectivity index (χ0n) is 18.9. The molecule has 176 valence electrons. The number of aromatic nitrogens is 2. The van der Waals surface area contributed by atoms with Gasteiger partial charge < -0.3 is 29.2 Å². The third kappa shape index (κ3) is 3.06. The number of hydrogen-bond acceptors (Lipinski definition) is 8. The van der Waals surface area contributed by atoms with Crippen LogP contribution >= 0.6 is 0 Å². The van der Waals surface area contributed by atoms with Gasteiger partial charge in [0.15, 0.2) is 0 Å². The first kappa shape index (κ1) is 21.9. The molecule has 5 rings (SSSR count). The lowest BCUT2D eigenvalue weighted by Gasteiger charge is -2.34. The highest BCUT2D eigenvalue weighted by molar-refractivity contribution is 5.89. The Kier molecular flexibility index (Phi) is 4.87. The van der Waals surface area contributed by atoms with Crippen LogP contribution in [0.2, 0.25) is 0 Å². The molecule has 0 saturated heterocycles. The number of phenolic OH excluding ortho intramolecular Hbond substituents is 1. The second-order valence-electron chi connectivity index (χ2n) is 8.80. The maximum Gasteiger partial charge on any atom is 0.507 e. The molecule has 3 aromatic rings. The molecule has 0 fully saturated rings. The molecule has 0 spiro atoms. The molecule has 0 saturated carbocycles. The van der Waals surface area contributed by atoms with E-state index in [0.717, 1.165) is 16.5 Å². The van der Waals surface area contributed by atoms with E-state index < -0.39 is 17.7 Å². The van der Waals surface area contributed by atoms with Gasteiger partial charge in [0.25, 0.3) is 5.56 Å². The van der Waals surface area contributed by atoms with E-state index in [2.05, 4.69) is 0 Å². The van der Waals surface area contributed by atoms with Gasteiger partial charge in [0.2, 0.25) is 5.60 Å². The summed E-state index contributed by atoms with van der Waals surface area (Å²) in [6.45, 7) is 2.10. The molecule has 1 atom stereocenters. The van der Waals surface area contributed by atoms with Crippen molar-refractivity contribution in [2.45, 2.75) is 38.6 Å². The number of phenols is 1. The standard InChI is InChI=1S/C24H23N3O7/c1-4-24(34-23(31)32)16-8-18-20-12(9-27(18)21(29)15(16)11-33-22(24)30)7-13-14(10-26(2)3)19(28)6-5-17(13)25-20/h5-8,28H,4,9-11H2,1-3H3,(H,31,32). The summed E-state index contributed by atoms with van der Waals surface area (Å²) in [5, 5.41) is 20.5. The van der Waals surface area contributed by atoms with E-state index in [1.807, 2.05) is 25.1 Å². The van der Waals surface area contributed by atoms with Crippen LogP contribution in [-0.4, -0.2) is 50.9 Å². The van der Waals surface area contributed by atoms with E-state index in [0.29, 0.717) is 23.4 Å². The summed E-state index contributed by atoms with van der Waals surface area (Å²) in [7, 11) is 3.81. The van der Waals surface area contributed by atoms with E-state index in [1.54, 1.807) is 29.7 Å². The number of esters is 1. The van der Waals surface area contributed by atoms with Crippen LogP contribution in [0.3, 0.4) is 0 Å². The topological polar surface area (TPSA) is 131 Å². The van der Waals surface area contributed by atoms with E-state index >= 15 is 0 Å². The molecule has 2 N–H and O–H groups in total. The van der Waals surface area contributed by atoms with Gasteiger partial charge in [-0.15, -0.1) is 0 Å². The number of carbonyl (C=O) groups is 2. The van der Waals surface area contributed by atoms with Gasteiger partial charge in [-0.3, -0.25) is 4.79 Å². The fourth-order valence-corrected chi connectivity index (χ4v) is 4.89. The van der Waals surface area contributed by atoms with Crippen LogP contribution in [0.1, 0.15) is 35.6 Å². The Balaban J connectivity index is 1.75. The first-order chi connectivity index (χ1) is 16.2. The predicted molar refractivity (Wildman–Crippen MR) is 120 cm³/mol. The minimum absolute atomic E-state index is 0.0286. The number of ether oxygens (including phenoxy) is 2. The quantitative estimate of drug-likeness (QED) is 0.437. The lowest BCUT2D eigenvalue weighted by atomic mass is 9.85. The van der Waals surface area contributed by atoms with E-state index in [9.17, 15) is 24.6 Å². The number of nitrogens with zero attached hydrogens (tertiary/aromatic N) is 3. The zero-order valence-corrected chi connectivity index (χ0v) is 18.9. The smallest absolute Gasteiger partial charge is 0.507 e. The Morgan fingerprint density at radius 2 is 2.06 bits per heavy atom. The minimum atomic E-state index is -1.92. The number of carboxylic acid groups (broad SMARTS) is 1. The van der Waals surface area contributed by atoms with Crippen LogP contribution in [0, 0.1) is 0 Å². The van der Waals surface area contributed by atoms with Gasteiger partial charge in [-0.2, -0.15) is 0 Å². The Morgan fingerprint density at radius 3 is 2.74 bits per heavy atom. The first-order valence-electron chi connectivity index (χ1n) is 10.8. The van der Waals surface area contributed by atoms with Crippen LogP contribution in [0.5, 0.6) is 5.75 Å². The van der Waals surface area contributed by atoms with Crippen LogP contribution in [-0.2, 0) is 39.6 Å². The van der Waals surface area contributed by atoms with Gasteiger partial charge >= 0.3 is 12.1 Å². The summed E-state index contributed by atoms with van der Waals surface area (Å²) in [4.78, 5) is 44.3. The van der Waals surface area contributed by atoms with Gasteiger partial charge in [0, 0.05) is 28.6 Å². The summed E-state index contributed by atoms with van der Waals surface area (Å²) in [6, 6.07) is 6.85. The average molecular weight is 465 g/mol. The Bertz CT molecular complexity index is 1440. The number of pyridine rings is 2. The second-order valence-corrected chi connectivity index (χ2v) is 8.80. The highest BCUT2D eigenvalue weighted by atomic mass is 16.7. The molecule has 10 nitrogen and oxygen atoms in total. The van der Waals surface area contributed by atoms with E-state index in [-0.39, 0.29) is 42.0 Å². The number of aromatic hydroxyl groups is 1. The minimum Gasteiger partial charge on any atom is -0.508 e. The molecule has 1 aromatic carbocycles. The molecule has 0 aliphatic carbocycles. The van der Waals surface area contributed by atoms with Gasteiger partial charge in [-0.25, -0.2) is 14.6 Å². The fraction of sp³-hybridized carbons (Fsp3) is 0.333. The molecule has 0 amide bonds. The summed E-state index contributed by atoms with van der Waals surface area (Å²) in [6.07, 6.45) is -1.66.